The van der Waals surface area contributed by atoms with Gasteiger partial charge in [0, 0.05) is 17.5 Å². The lowest BCUT2D eigenvalue weighted by Gasteiger charge is -2.18. The number of hydrogen-bond donors (Lipinski definition) is 0. The summed E-state index contributed by atoms with van der Waals surface area (Å²) in [5.74, 6) is 0.853. The minimum atomic E-state index is 0.0413. The topological polar surface area (TPSA) is 33.2 Å². The molecule has 0 saturated heterocycles. The van der Waals surface area contributed by atoms with Gasteiger partial charge in [-0.3, -0.25) is 9.69 Å². The summed E-state index contributed by atoms with van der Waals surface area (Å²) in [5.41, 5.74) is 3.85. The van der Waals surface area contributed by atoms with Gasteiger partial charge in [-0.1, -0.05) is 36.4 Å². The highest BCUT2D eigenvalue weighted by molar-refractivity contribution is 6.08. The fraction of sp³-hybridized carbons (Fsp3) is 0.158. The van der Waals surface area contributed by atoms with Crippen molar-refractivity contribution in [3.05, 3.63) is 71.3 Å². The third kappa shape index (κ3) is 1.98. The van der Waals surface area contributed by atoms with E-state index in [0.717, 1.165) is 39.8 Å². The molecular weight excluding hydrogens is 272 g/mol. The van der Waals surface area contributed by atoms with Crippen molar-refractivity contribution in [1.29, 1.82) is 0 Å². The van der Waals surface area contributed by atoms with Gasteiger partial charge in [-0.05, 0) is 42.7 Å². The molecule has 1 amide bonds. The molecule has 0 bridgehead atoms. The van der Waals surface area contributed by atoms with E-state index < -0.39 is 0 Å². The molecule has 0 aliphatic carbocycles. The lowest BCUT2D eigenvalue weighted by molar-refractivity contribution is 0.0988. The highest BCUT2D eigenvalue weighted by Crippen LogP contribution is 2.30. The maximum Gasteiger partial charge on any atom is 0.259 e. The molecule has 2 aromatic carbocycles. The highest BCUT2D eigenvalue weighted by atomic mass is 16.2. The summed E-state index contributed by atoms with van der Waals surface area (Å²) in [6.45, 7) is 2.67. The van der Waals surface area contributed by atoms with E-state index in [1.807, 2.05) is 54.3 Å². The van der Waals surface area contributed by atoms with Crippen LogP contribution in [0.1, 0.15) is 21.5 Å². The monoisotopic (exact) mass is 288 g/mol. The van der Waals surface area contributed by atoms with Gasteiger partial charge in [-0.25, -0.2) is 4.98 Å². The molecule has 0 fully saturated rings. The SMILES string of the molecule is Cc1ccccc1C(=O)N1CCc2cc3ccccc3nc21. The van der Waals surface area contributed by atoms with Crippen LogP contribution in [0, 0.1) is 6.92 Å². The van der Waals surface area contributed by atoms with Gasteiger partial charge in [0.05, 0.1) is 5.52 Å². The number of benzene rings is 2. The Bertz CT molecular complexity index is 885. The van der Waals surface area contributed by atoms with Gasteiger partial charge in [0.15, 0.2) is 0 Å². The Morgan fingerprint density at radius 1 is 1.09 bits per heavy atom. The average Bonchev–Trinajstić information content (AvgIpc) is 2.95. The molecule has 22 heavy (non-hydrogen) atoms. The molecule has 3 aromatic rings. The van der Waals surface area contributed by atoms with Crippen molar-refractivity contribution < 1.29 is 4.79 Å². The Morgan fingerprint density at radius 2 is 1.86 bits per heavy atom. The van der Waals surface area contributed by atoms with Crippen molar-refractivity contribution in [3.63, 3.8) is 0 Å². The van der Waals surface area contributed by atoms with Crippen LogP contribution in [0.2, 0.25) is 0 Å². The van der Waals surface area contributed by atoms with Crippen molar-refractivity contribution in [3.8, 4) is 0 Å². The van der Waals surface area contributed by atoms with Crippen molar-refractivity contribution in [2.45, 2.75) is 13.3 Å². The predicted octanol–water partition coefficient (Wildman–Crippen LogP) is 3.75. The molecule has 0 N–H and O–H groups in total. The number of carbonyl (C=O) groups excluding carboxylic acids is 1. The number of nitrogens with zero attached hydrogens (tertiary/aromatic N) is 2. The van der Waals surface area contributed by atoms with E-state index in [4.69, 9.17) is 4.98 Å². The quantitative estimate of drug-likeness (QED) is 0.683. The smallest absolute Gasteiger partial charge is 0.259 e. The normalized spacial score (nSPS) is 13.4. The summed E-state index contributed by atoms with van der Waals surface area (Å²) in [5, 5.41) is 1.13. The van der Waals surface area contributed by atoms with Crippen LogP contribution < -0.4 is 4.90 Å². The van der Waals surface area contributed by atoms with E-state index in [0.29, 0.717) is 6.54 Å². The zero-order valence-corrected chi connectivity index (χ0v) is 12.4. The van der Waals surface area contributed by atoms with E-state index >= 15 is 0 Å². The first-order chi connectivity index (χ1) is 10.7. The second-order valence-electron chi connectivity index (χ2n) is 5.69. The number of aromatic nitrogens is 1. The Morgan fingerprint density at radius 3 is 2.73 bits per heavy atom. The van der Waals surface area contributed by atoms with Crippen LogP contribution in [0.25, 0.3) is 10.9 Å². The number of amides is 1. The fourth-order valence-electron chi connectivity index (χ4n) is 3.06. The molecule has 108 valence electrons. The molecule has 0 spiro atoms. The van der Waals surface area contributed by atoms with Crippen LogP contribution in [-0.2, 0) is 6.42 Å². The van der Waals surface area contributed by atoms with Crippen LogP contribution in [0.15, 0.2) is 54.6 Å². The Hall–Kier alpha value is -2.68. The van der Waals surface area contributed by atoms with Crippen molar-refractivity contribution in [2.75, 3.05) is 11.4 Å². The number of carbonyl (C=O) groups is 1. The molecule has 2 heterocycles. The summed E-state index contributed by atoms with van der Waals surface area (Å²) in [4.78, 5) is 19.4. The number of hydrogen-bond acceptors (Lipinski definition) is 2. The fourth-order valence-corrected chi connectivity index (χ4v) is 3.06. The first-order valence-electron chi connectivity index (χ1n) is 7.50. The number of rotatable bonds is 1. The van der Waals surface area contributed by atoms with Crippen LogP contribution >= 0.6 is 0 Å². The highest BCUT2D eigenvalue weighted by Gasteiger charge is 2.28. The number of aryl methyl sites for hydroxylation is 1. The molecule has 1 aliphatic rings. The molecule has 1 aromatic heterocycles. The molecule has 1 aliphatic heterocycles. The first-order valence-corrected chi connectivity index (χ1v) is 7.50. The van der Waals surface area contributed by atoms with Gasteiger partial charge in [-0.15, -0.1) is 0 Å². The first kappa shape index (κ1) is 13.0. The maximum absolute atomic E-state index is 12.9. The van der Waals surface area contributed by atoms with Gasteiger partial charge in [-0.2, -0.15) is 0 Å². The Labute approximate surface area is 129 Å². The molecule has 3 heteroatoms. The third-order valence-electron chi connectivity index (χ3n) is 4.26. The van der Waals surface area contributed by atoms with Crippen LogP contribution in [0.5, 0.6) is 0 Å². The zero-order valence-electron chi connectivity index (χ0n) is 12.4. The maximum atomic E-state index is 12.9. The molecule has 4 rings (SSSR count). The van der Waals surface area contributed by atoms with Gasteiger partial charge in [0.2, 0.25) is 0 Å². The summed E-state index contributed by atoms with van der Waals surface area (Å²) in [6.07, 6.45) is 0.866. The number of para-hydroxylation sites is 1. The van der Waals surface area contributed by atoms with Gasteiger partial charge >= 0.3 is 0 Å². The summed E-state index contributed by atoms with van der Waals surface area (Å²) in [6, 6.07) is 17.9. The largest absolute Gasteiger partial charge is 0.292 e. The molecular formula is C19H16N2O. The number of pyridine rings is 1. The Balaban J connectivity index is 1.80. The molecule has 3 nitrogen and oxygen atoms in total. The number of fused-ring (bicyclic) bond motifs is 2. The standard InChI is InChI=1S/C19H16N2O/c1-13-6-2-4-8-16(13)19(22)21-11-10-15-12-14-7-3-5-9-17(14)20-18(15)21/h2-9,12H,10-11H2,1H3. The molecule has 0 unspecified atom stereocenters. The van der Waals surface area contributed by atoms with E-state index in [9.17, 15) is 4.79 Å². The van der Waals surface area contributed by atoms with Gasteiger partial charge in [0.1, 0.15) is 5.82 Å². The van der Waals surface area contributed by atoms with Crippen molar-refractivity contribution in [1.82, 2.24) is 4.98 Å². The second kappa shape index (κ2) is 4.95. The Kier molecular flexibility index (Phi) is 2.93. The average molecular weight is 288 g/mol. The zero-order chi connectivity index (χ0) is 15.1. The van der Waals surface area contributed by atoms with Gasteiger partial charge in [0.25, 0.3) is 5.91 Å². The van der Waals surface area contributed by atoms with E-state index in [1.165, 1.54) is 0 Å². The lowest BCUT2D eigenvalue weighted by Crippen LogP contribution is -2.30. The summed E-state index contributed by atoms with van der Waals surface area (Å²) >= 11 is 0. The van der Waals surface area contributed by atoms with Crippen LogP contribution in [0.4, 0.5) is 5.82 Å². The predicted molar refractivity (Wildman–Crippen MR) is 88.3 cm³/mol. The van der Waals surface area contributed by atoms with E-state index in [1.54, 1.807) is 0 Å². The second-order valence-corrected chi connectivity index (χ2v) is 5.69. The molecule has 0 saturated carbocycles. The van der Waals surface area contributed by atoms with E-state index in [2.05, 4.69) is 12.1 Å². The van der Waals surface area contributed by atoms with Crippen LogP contribution in [-0.4, -0.2) is 17.4 Å². The number of anilines is 1. The van der Waals surface area contributed by atoms with Crippen molar-refractivity contribution >= 4 is 22.6 Å². The lowest BCUT2D eigenvalue weighted by atomic mass is 10.1. The summed E-state index contributed by atoms with van der Waals surface area (Å²) < 4.78 is 0. The van der Waals surface area contributed by atoms with Crippen LogP contribution in [0.3, 0.4) is 0 Å². The summed E-state index contributed by atoms with van der Waals surface area (Å²) in [7, 11) is 0. The molecule has 0 radical (unpaired) electrons. The van der Waals surface area contributed by atoms with Crippen molar-refractivity contribution in [2.24, 2.45) is 0 Å². The van der Waals surface area contributed by atoms with Gasteiger partial charge < -0.3 is 0 Å². The minimum absolute atomic E-state index is 0.0413. The minimum Gasteiger partial charge on any atom is -0.292 e. The van der Waals surface area contributed by atoms with E-state index in [-0.39, 0.29) is 5.91 Å². The molecule has 0 atom stereocenters. The third-order valence-corrected chi connectivity index (χ3v) is 4.26.